The van der Waals surface area contributed by atoms with Crippen LogP contribution in [0.2, 0.25) is 0 Å². The molecule has 0 saturated carbocycles. The molecule has 1 amide bonds. The number of carbonyl (C=O) groups is 1. The summed E-state index contributed by atoms with van der Waals surface area (Å²) in [5.74, 6) is -0.108. The Kier molecular flexibility index (Phi) is 6.50. The summed E-state index contributed by atoms with van der Waals surface area (Å²) in [6, 6.07) is 18.2. The van der Waals surface area contributed by atoms with Crippen molar-refractivity contribution >= 4 is 23.2 Å². The molecular weight excluding hydrogens is 376 g/mol. The fourth-order valence-corrected chi connectivity index (χ4v) is 2.38. The van der Waals surface area contributed by atoms with Crippen molar-refractivity contribution in [3.63, 3.8) is 0 Å². The lowest BCUT2D eigenvalue weighted by Gasteiger charge is -2.11. The largest absolute Gasteiger partial charge is 0.484 e. The van der Waals surface area contributed by atoms with Crippen LogP contribution in [0.15, 0.2) is 67.0 Å². The molecule has 29 heavy (non-hydrogen) atoms. The monoisotopic (exact) mass is 394 g/mol. The van der Waals surface area contributed by atoms with Gasteiger partial charge in [-0.25, -0.2) is 9.97 Å². The van der Waals surface area contributed by atoms with Crippen LogP contribution in [-0.2, 0) is 11.3 Å². The average Bonchev–Trinajstić information content (AvgIpc) is 2.76. The Morgan fingerprint density at radius 2 is 1.66 bits per heavy atom. The summed E-state index contributed by atoms with van der Waals surface area (Å²) in [6.07, 6.45) is 1.16. The van der Waals surface area contributed by atoms with Crippen LogP contribution < -0.4 is 20.9 Å². The number of nitro groups is 1. The number of rotatable bonds is 9. The van der Waals surface area contributed by atoms with E-state index in [1.165, 1.54) is 0 Å². The van der Waals surface area contributed by atoms with Crippen LogP contribution >= 0.6 is 0 Å². The normalized spacial score (nSPS) is 10.1. The molecule has 0 radical (unpaired) electrons. The van der Waals surface area contributed by atoms with Crippen molar-refractivity contribution in [2.75, 3.05) is 17.3 Å². The van der Waals surface area contributed by atoms with Crippen LogP contribution in [0.3, 0.4) is 0 Å². The lowest BCUT2D eigenvalue weighted by atomic mass is 10.2. The highest BCUT2D eigenvalue weighted by Crippen LogP contribution is 2.28. The second-order valence-corrected chi connectivity index (χ2v) is 5.79. The van der Waals surface area contributed by atoms with Crippen LogP contribution in [0.4, 0.5) is 17.3 Å². The summed E-state index contributed by atoms with van der Waals surface area (Å²) in [7, 11) is 0. The smallest absolute Gasteiger partial charge is 0.354 e. The topological polar surface area (TPSA) is 131 Å². The summed E-state index contributed by atoms with van der Waals surface area (Å²) in [5, 5.41) is 14.4. The van der Waals surface area contributed by atoms with Gasteiger partial charge in [-0.2, -0.15) is 0 Å². The van der Waals surface area contributed by atoms with Gasteiger partial charge in [-0.15, -0.1) is 0 Å². The summed E-state index contributed by atoms with van der Waals surface area (Å²) in [5.41, 5.74) is 5.34. The zero-order valence-corrected chi connectivity index (χ0v) is 15.2. The fraction of sp³-hybridized carbons (Fsp3) is 0.105. The van der Waals surface area contributed by atoms with Gasteiger partial charge in [-0.3, -0.25) is 25.8 Å². The zero-order chi connectivity index (χ0) is 20.5. The third-order valence-electron chi connectivity index (χ3n) is 3.74. The second-order valence-electron chi connectivity index (χ2n) is 5.79. The molecule has 1 heterocycles. The lowest BCUT2D eigenvalue weighted by Crippen LogP contribution is -2.34. The van der Waals surface area contributed by atoms with E-state index in [2.05, 4.69) is 26.1 Å². The first kappa shape index (κ1) is 19.5. The van der Waals surface area contributed by atoms with Crippen LogP contribution in [0, 0.1) is 10.1 Å². The Labute approximate surface area is 166 Å². The quantitative estimate of drug-likeness (QED) is 0.373. The van der Waals surface area contributed by atoms with E-state index in [1.807, 2.05) is 36.4 Å². The predicted molar refractivity (Wildman–Crippen MR) is 106 cm³/mol. The van der Waals surface area contributed by atoms with Gasteiger partial charge in [0.2, 0.25) is 11.6 Å². The number of nitrogens with zero attached hydrogens (tertiary/aromatic N) is 3. The van der Waals surface area contributed by atoms with Crippen molar-refractivity contribution in [3.8, 4) is 5.75 Å². The first-order chi connectivity index (χ1) is 14.1. The molecule has 3 rings (SSSR count). The fourth-order valence-electron chi connectivity index (χ4n) is 2.38. The number of hydrogen-bond donors (Lipinski definition) is 3. The van der Waals surface area contributed by atoms with Crippen molar-refractivity contribution in [1.29, 1.82) is 0 Å². The van der Waals surface area contributed by atoms with Gasteiger partial charge in [-0.1, -0.05) is 48.5 Å². The Morgan fingerprint density at radius 3 is 2.34 bits per heavy atom. The maximum atomic E-state index is 11.9. The van der Waals surface area contributed by atoms with Gasteiger partial charge in [0, 0.05) is 6.54 Å². The third-order valence-corrected chi connectivity index (χ3v) is 3.74. The van der Waals surface area contributed by atoms with Gasteiger partial charge in [0.15, 0.2) is 6.61 Å². The number of benzene rings is 2. The number of carbonyl (C=O) groups excluding carboxylic acids is 1. The molecular formula is C19H18N6O4. The van der Waals surface area contributed by atoms with Gasteiger partial charge < -0.3 is 10.1 Å². The van der Waals surface area contributed by atoms with Gasteiger partial charge in [0.1, 0.15) is 12.1 Å². The second kappa shape index (κ2) is 9.65. The molecule has 0 aliphatic heterocycles. The van der Waals surface area contributed by atoms with Crippen LogP contribution in [0.1, 0.15) is 5.56 Å². The Balaban J connectivity index is 1.62. The molecule has 0 aliphatic rings. The highest BCUT2D eigenvalue weighted by Gasteiger charge is 2.23. The molecule has 10 nitrogen and oxygen atoms in total. The van der Waals surface area contributed by atoms with Gasteiger partial charge >= 0.3 is 5.69 Å². The minimum Gasteiger partial charge on any atom is -0.484 e. The van der Waals surface area contributed by atoms with Crippen LogP contribution in [-0.4, -0.2) is 27.4 Å². The van der Waals surface area contributed by atoms with E-state index in [4.69, 9.17) is 4.74 Å². The van der Waals surface area contributed by atoms with E-state index in [0.29, 0.717) is 12.3 Å². The molecule has 0 atom stereocenters. The molecule has 0 fully saturated rings. The van der Waals surface area contributed by atoms with E-state index >= 15 is 0 Å². The average molecular weight is 394 g/mol. The zero-order valence-electron chi connectivity index (χ0n) is 15.2. The van der Waals surface area contributed by atoms with Gasteiger partial charge in [-0.05, 0) is 17.7 Å². The molecule has 10 heteroatoms. The Hall–Kier alpha value is -4.21. The van der Waals surface area contributed by atoms with E-state index < -0.39 is 10.8 Å². The minimum absolute atomic E-state index is 0.0335. The van der Waals surface area contributed by atoms with Crippen molar-refractivity contribution in [3.05, 3.63) is 82.7 Å². The maximum absolute atomic E-state index is 11.9. The standard InChI is InChI=1S/C19H18N6O4/c26-16(12-29-15-9-5-2-6-10-15)23-24-19-17(25(27)28)18(21-13-22-19)20-11-14-7-3-1-4-8-14/h1-10,13H,11-12H2,(H,23,26)(H2,20,21,22,24). The summed E-state index contributed by atoms with van der Waals surface area (Å²) < 4.78 is 5.31. The number of hydrazine groups is 1. The van der Waals surface area contributed by atoms with Crippen molar-refractivity contribution in [2.45, 2.75) is 6.54 Å². The first-order valence-corrected chi connectivity index (χ1v) is 8.63. The molecule has 2 aromatic carbocycles. The number of hydrogen-bond acceptors (Lipinski definition) is 8. The van der Waals surface area contributed by atoms with Crippen molar-refractivity contribution in [1.82, 2.24) is 15.4 Å². The maximum Gasteiger partial charge on any atom is 0.354 e. The Morgan fingerprint density at radius 1 is 1.00 bits per heavy atom. The minimum atomic E-state index is -0.623. The number of para-hydroxylation sites is 1. The first-order valence-electron chi connectivity index (χ1n) is 8.63. The van der Waals surface area contributed by atoms with E-state index in [0.717, 1.165) is 11.9 Å². The van der Waals surface area contributed by atoms with Crippen molar-refractivity contribution < 1.29 is 14.5 Å². The van der Waals surface area contributed by atoms with Gasteiger partial charge in [0.25, 0.3) is 5.91 Å². The summed E-state index contributed by atoms with van der Waals surface area (Å²) in [6.45, 7) is 0.0738. The van der Waals surface area contributed by atoms with Crippen molar-refractivity contribution in [2.24, 2.45) is 0 Å². The number of nitrogens with one attached hydrogen (secondary N) is 3. The molecule has 0 spiro atoms. The molecule has 0 unspecified atom stereocenters. The highest BCUT2D eigenvalue weighted by molar-refractivity contribution is 5.80. The number of amides is 1. The van der Waals surface area contributed by atoms with E-state index in [1.54, 1.807) is 24.3 Å². The molecule has 0 bridgehead atoms. The SMILES string of the molecule is O=C(COc1ccccc1)NNc1ncnc(NCc2ccccc2)c1[N+](=O)[O-]. The molecule has 1 aromatic heterocycles. The third kappa shape index (κ3) is 5.63. The van der Waals surface area contributed by atoms with Crippen LogP contribution in [0.5, 0.6) is 5.75 Å². The Bertz CT molecular complexity index is 969. The lowest BCUT2D eigenvalue weighted by molar-refractivity contribution is -0.383. The molecule has 3 aromatic rings. The number of aromatic nitrogens is 2. The summed E-state index contributed by atoms with van der Waals surface area (Å²) in [4.78, 5) is 30.6. The van der Waals surface area contributed by atoms with E-state index in [9.17, 15) is 14.9 Å². The van der Waals surface area contributed by atoms with Crippen LogP contribution in [0.25, 0.3) is 0 Å². The molecule has 148 valence electrons. The summed E-state index contributed by atoms with van der Waals surface area (Å²) >= 11 is 0. The number of ether oxygens (including phenoxy) is 1. The van der Waals surface area contributed by atoms with E-state index in [-0.39, 0.29) is 23.9 Å². The number of anilines is 2. The molecule has 3 N–H and O–H groups in total. The predicted octanol–water partition coefficient (Wildman–Crippen LogP) is 2.52. The molecule has 0 aliphatic carbocycles. The highest BCUT2D eigenvalue weighted by atomic mass is 16.6. The van der Waals surface area contributed by atoms with Gasteiger partial charge in [0.05, 0.1) is 4.92 Å². The molecule has 0 saturated heterocycles.